The lowest BCUT2D eigenvalue weighted by atomic mass is 10.1. The van der Waals surface area contributed by atoms with Crippen molar-refractivity contribution >= 4 is 21.4 Å². The van der Waals surface area contributed by atoms with E-state index in [1.54, 1.807) is 54.2 Å². The number of benzene rings is 2. The maximum atomic E-state index is 12.9. The van der Waals surface area contributed by atoms with Gasteiger partial charge < -0.3 is 14.2 Å². The summed E-state index contributed by atoms with van der Waals surface area (Å²) in [7, 11) is -2.27. The minimum absolute atomic E-state index is 0.0891. The van der Waals surface area contributed by atoms with Crippen LogP contribution in [0, 0.1) is 0 Å². The van der Waals surface area contributed by atoms with Gasteiger partial charge in [0.15, 0.2) is 17.1 Å². The Balaban J connectivity index is 1.44. The number of nitrogens with zero attached hydrogens (tertiary/aromatic N) is 3. The highest BCUT2D eigenvalue weighted by Crippen LogP contribution is 2.33. The van der Waals surface area contributed by atoms with E-state index in [1.165, 1.54) is 12.1 Å². The van der Waals surface area contributed by atoms with E-state index >= 15 is 0 Å². The number of rotatable bonds is 5. The number of ether oxygens (including phenoxy) is 3. The van der Waals surface area contributed by atoms with Crippen LogP contribution in [0.5, 0.6) is 17.4 Å². The number of anilines is 1. The highest BCUT2D eigenvalue weighted by atomic mass is 32.2. The quantitative estimate of drug-likeness (QED) is 0.511. The van der Waals surface area contributed by atoms with Gasteiger partial charge in [0.25, 0.3) is 10.0 Å². The van der Waals surface area contributed by atoms with Gasteiger partial charge in [-0.2, -0.15) is 0 Å². The van der Waals surface area contributed by atoms with Crippen molar-refractivity contribution < 1.29 is 22.6 Å². The number of fused-ring (bicyclic) bond motifs is 2. The van der Waals surface area contributed by atoms with Crippen LogP contribution in [0.1, 0.15) is 0 Å². The molecule has 0 fully saturated rings. The Hall–Kier alpha value is -3.79. The molecule has 9 nitrogen and oxygen atoms in total. The van der Waals surface area contributed by atoms with Gasteiger partial charge in [-0.15, -0.1) is 5.10 Å². The first-order valence-corrected chi connectivity index (χ1v) is 10.9. The molecule has 0 saturated carbocycles. The number of sulfonamides is 1. The van der Waals surface area contributed by atoms with E-state index in [-0.39, 0.29) is 4.90 Å². The third-order valence-electron chi connectivity index (χ3n) is 4.74. The molecule has 0 unspecified atom stereocenters. The van der Waals surface area contributed by atoms with Gasteiger partial charge in [0.1, 0.15) is 13.2 Å². The zero-order valence-electron chi connectivity index (χ0n) is 16.5. The molecule has 0 spiro atoms. The average molecular weight is 438 g/mol. The minimum atomic E-state index is -3.82. The van der Waals surface area contributed by atoms with Crippen molar-refractivity contribution in [2.45, 2.75) is 4.90 Å². The molecule has 1 aliphatic rings. The van der Waals surface area contributed by atoms with Crippen LogP contribution in [0.4, 0.5) is 5.69 Å². The molecule has 158 valence electrons. The second-order valence-corrected chi connectivity index (χ2v) is 8.48. The Morgan fingerprint density at radius 1 is 1.03 bits per heavy atom. The van der Waals surface area contributed by atoms with Gasteiger partial charge in [-0.05, 0) is 30.3 Å². The zero-order chi connectivity index (χ0) is 21.4. The highest BCUT2D eigenvalue weighted by molar-refractivity contribution is 7.92. The van der Waals surface area contributed by atoms with Gasteiger partial charge in [-0.1, -0.05) is 12.1 Å². The lowest BCUT2D eigenvalue weighted by molar-refractivity contribution is 0.171. The maximum absolute atomic E-state index is 12.9. The predicted molar refractivity (Wildman–Crippen MR) is 113 cm³/mol. The first kappa shape index (κ1) is 19.2. The van der Waals surface area contributed by atoms with Gasteiger partial charge in [-0.3, -0.25) is 4.72 Å². The number of imidazole rings is 1. The molecule has 4 aromatic rings. The summed E-state index contributed by atoms with van der Waals surface area (Å²) in [5.41, 5.74) is 2.46. The van der Waals surface area contributed by atoms with Crippen LogP contribution in [0.25, 0.3) is 16.9 Å². The SMILES string of the molecule is COc1ccc2nc(-c3cccc(NS(=O)(=O)c4ccc5c(c4)OCCO5)c3)cn2n1. The van der Waals surface area contributed by atoms with Crippen LogP contribution in [0.3, 0.4) is 0 Å². The molecule has 0 aliphatic carbocycles. The van der Waals surface area contributed by atoms with Crippen molar-refractivity contribution in [2.75, 3.05) is 25.0 Å². The largest absolute Gasteiger partial charge is 0.486 e. The van der Waals surface area contributed by atoms with Crippen molar-refractivity contribution in [3.8, 4) is 28.6 Å². The van der Waals surface area contributed by atoms with E-state index < -0.39 is 10.0 Å². The lowest BCUT2D eigenvalue weighted by Crippen LogP contribution is -2.17. The second kappa shape index (κ2) is 7.47. The minimum Gasteiger partial charge on any atom is -0.486 e. The standard InChI is InChI=1S/C21H18N4O5S/c1-28-21-8-7-20-22-17(13-25(20)23-21)14-3-2-4-15(11-14)24-31(26,27)16-5-6-18-19(12-16)30-10-9-29-18/h2-8,11-13,24H,9-10H2,1H3. The first-order valence-electron chi connectivity index (χ1n) is 9.45. The van der Waals surface area contributed by atoms with E-state index in [0.717, 1.165) is 5.56 Å². The fraction of sp³-hybridized carbons (Fsp3) is 0.143. The molecule has 1 aliphatic heterocycles. The summed E-state index contributed by atoms with van der Waals surface area (Å²) in [6.07, 6.45) is 1.76. The molecule has 0 amide bonds. The van der Waals surface area contributed by atoms with Gasteiger partial charge in [0.05, 0.1) is 23.9 Å². The van der Waals surface area contributed by atoms with Gasteiger partial charge in [0.2, 0.25) is 5.88 Å². The molecule has 1 N–H and O–H groups in total. The number of aromatic nitrogens is 3. The fourth-order valence-electron chi connectivity index (χ4n) is 3.26. The lowest BCUT2D eigenvalue weighted by Gasteiger charge is -2.19. The summed E-state index contributed by atoms with van der Waals surface area (Å²) in [6.45, 7) is 0.821. The van der Waals surface area contributed by atoms with Crippen molar-refractivity contribution in [3.63, 3.8) is 0 Å². The molecular formula is C21H18N4O5S. The molecule has 2 aromatic carbocycles. The molecule has 3 heterocycles. The molecule has 0 saturated heterocycles. The monoisotopic (exact) mass is 438 g/mol. The summed E-state index contributed by atoms with van der Waals surface area (Å²) in [4.78, 5) is 4.63. The molecular weight excluding hydrogens is 420 g/mol. The van der Waals surface area contributed by atoms with E-state index in [9.17, 15) is 8.42 Å². The van der Waals surface area contributed by atoms with Gasteiger partial charge in [-0.25, -0.2) is 17.9 Å². The van der Waals surface area contributed by atoms with Crippen molar-refractivity contribution in [1.29, 1.82) is 0 Å². The molecule has 31 heavy (non-hydrogen) atoms. The summed E-state index contributed by atoms with van der Waals surface area (Å²) < 4.78 is 46.1. The Bertz CT molecular complexity index is 1380. The second-order valence-electron chi connectivity index (χ2n) is 6.80. The van der Waals surface area contributed by atoms with Crippen LogP contribution in [-0.2, 0) is 10.0 Å². The Labute approximate surface area is 178 Å². The Morgan fingerprint density at radius 3 is 2.71 bits per heavy atom. The number of nitrogens with one attached hydrogen (secondary N) is 1. The van der Waals surface area contributed by atoms with E-state index in [1.807, 2.05) is 6.07 Å². The van der Waals surface area contributed by atoms with E-state index in [2.05, 4.69) is 14.8 Å². The first-order chi connectivity index (χ1) is 15.0. The molecule has 10 heteroatoms. The summed E-state index contributed by atoms with van der Waals surface area (Å²) >= 11 is 0. The van der Waals surface area contributed by atoms with Crippen molar-refractivity contribution in [3.05, 3.63) is 60.8 Å². The van der Waals surface area contributed by atoms with Crippen molar-refractivity contribution in [1.82, 2.24) is 14.6 Å². The summed E-state index contributed by atoms with van der Waals surface area (Å²) in [5.74, 6) is 1.41. The van der Waals surface area contributed by atoms with Crippen LogP contribution < -0.4 is 18.9 Å². The number of methoxy groups -OCH3 is 1. The molecule has 5 rings (SSSR count). The zero-order valence-corrected chi connectivity index (χ0v) is 17.3. The third kappa shape index (κ3) is 3.73. The van der Waals surface area contributed by atoms with Crippen LogP contribution >= 0.6 is 0 Å². The van der Waals surface area contributed by atoms with Gasteiger partial charge in [0, 0.05) is 23.4 Å². The predicted octanol–water partition coefficient (Wildman–Crippen LogP) is 2.98. The molecule has 0 atom stereocenters. The number of hydrogen-bond donors (Lipinski definition) is 1. The van der Waals surface area contributed by atoms with E-state index in [4.69, 9.17) is 14.2 Å². The summed E-state index contributed by atoms with van der Waals surface area (Å²) in [5, 5.41) is 4.29. The van der Waals surface area contributed by atoms with Gasteiger partial charge >= 0.3 is 0 Å². The Morgan fingerprint density at radius 2 is 1.87 bits per heavy atom. The van der Waals surface area contributed by atoms with Crippen LogP contribution in [0.15, 0.2) is 65.7 Å². The maximum Gasteiger partial charge on any atom is 0.262 e. The Kier molecular flexibility index (Phi) is 4.63. The normalized spacial score (nSPS) is 13.2. The third-order valence-corrected chi connectivity index (χ3v) is 6.12. The number of hydrogen-bond acceptors (Lipinski definition) is 7. The smallest absolute Gasteiger partial charge is 0.262 e. The van der Waals surface area contributed by atoms with E-state index in [0.29, 0.717) is 47.6 Å². The molecule has 0 radical (unpaired) electrons. The van der Waals surface area contributed by atoms with Crippen molar-refractivity contribution in [2.24, 2.45) is 0 Å². The van der Waals surface area contributed by atoms with Crippen LogP contribution in [-0.4, -0.2) is 43.3 Å². The fourth-order valence-corrected chi connectivity index (χ4v) is 4.32. The highest BCUT2D eigenvalue weighted by Gasteiger charge is 2.20. The average Bonchev–Trinajstić information content (AvgIpc) is 3.22. The van der Waals surface area contributed by atoms with Crippen LogP contribution in [0.2, 0.25) is 0 Å². The summed E-state index contributed by atoms with van der Waals surface area (Å²) in [6, 6.07) is 15.1. The molecule has 2 aromatic heterocycles. The topological polar surface area (TPSA) is 104 Å². The molecule has 0 bridgehead atoms.